The van der Waals surface area contributed by atoms with Crippen LogP contribution in [0.25, 0.3) is 0 Å². The first-order chi connectivity index (χ1) is 7.77. The SMILES string of the molecule is CCOCC(=O)NCc1ccccc1OC. The van der Waals surface area contributed by atoms with Gasteiger partial charge in [-0.2, -0.15) is 0 Å². The predicted octanol–water partition coefficient (Wildman–Crippen LogP) is 1.35. The molecule has 0 bridgehead atoms. The fourth-order valence-corrected chi connectivity index (χ4v) is 1.29. The van der Waals surface area contributed by atoms with Gasteiger partial charge >= 0.3 is 0 Å². The predicted molar refractivity (Wildman–Crippen MR) is 61.3 cm³/mol. The summed E-state index contributed by atoms with van der Waals surface area (Å²) in [4.78, 5) is 11.3. The quantitative estimate of drug-likeness (QED) is 0.791. The van der Waals surface area contributed by atoms with E-state index >= 15 is 0 Å². The molecule has 1 rings (SSSR count). The van der Waals surface area contributed by atoms with Crippen molar-refractivity contribution in [1.29, 1.82) is 0 Å². The third-order valence-electron chi connectivity index (χ3n) is 2.11. The van der Waals surface area contributed by atoms with Crippen molar-refractivity contribution < 1.29 is 14.3 Å². The Hall–Kier alpha value is -1.55. The van der Waals surface area contributed by atoms with E-state index < -0.39 is 0 Å². The Balaban J connectivity index is 2.44. The van der Waals surface area contributed by atoms with Gasteiger partial charge in [-0.05, 0) is 13.0 Å². The molecule has 1 N–H and O–H groups in total. The van der Waals surface area contributed by atoms with Crippen LogP contribution in [0.15, 0.2) is 24.3 Å². The molecule has 88 valence electrons. The molecule has 4 nitrogen and oxygen atoms in total. The highest BCUT2D eigenvalue weighted by molar-refractivity contribution is 5.77. The molecular formula is C12H17NO3. The van der Waals surface area contributed by atoms with Crippen molar-refractivity contribution in [2.75, 3.05) is 20.3 Å². The molecule has 0 aliphatic rings. The Morgan fingerprint density at radius 3 is 2.81 bits per heavy atom. The molecule has 4 heteroatoms. The van der Waals surface area contributed by atoms with E-state index in [0.717, 1.165) is 11.3 Å². The number of amides is 1. The standard InChI is InChI=1S/C12H17NO3/c1-3-16-9-12(14)13-8-10-6-4-5-7-11(10)15-2/h4-7H,3,8-9H2,1-2H3,(H,13,14). The molecule has 1 aromatic carbocycles. The lowest BCUT2D eigenvalue weighted by molar-refractivity contribution is -0.125. The molecular weight excluding hydrogens is 206 g/mol. The smallest absolute Gasteiger partial charge is 0.246 e. The number of ether oxygens (including phenoxy) is 2. The molecule has 0 aromatic heterocycles. The number of rotatable bonds is 6. The largest absolute Gasteiger partial charge is 0.496 e. The average Bonchev–Trinajstić information content (AvgIpc) is 2.34. The van der Waals surface area contributed by atoms with Crippen molar-refractivity contribution in [2.24, 2.45) is 0 Å². The Bertz CT molecular complexity index is 339. The van der Waals surface area contributed by atoms with E-state index in [2.05, 4.69) is 5.32 Å². The summed E-state index contributed by atoms with van der Waals surface area (Å²) in [5, 5.41) is 2.76. The molecule has 0 aliphatic heterocycles. The molecule has 0 radical (unpaired) electrons. The maximum Gasteiger partial charge on any atom is 0.246 e. The van der Waals surface area contributed by atoms with Crippen molar-refractivity contribution >= 4 is 5.91 Å². The van der Waals surface area contributed by atoms with Crippen LogP contribution in [0.1, 0.15) is 12.5 Å². The van der Waals surface area contributed by atoms with Crippen molar-refractivity contribution in [1.82, 2.24) is 5.32 Å². The number of carbonyl (C=O) groups excluding carboxylic acids is 1. The first kappa shape index (κ1) is 12.5. The molecule has 0 saturated heterocycles. The summed E-state index contributed by atoms with van der Waals surface area (Å²) in [5.41, 5.74) is 0.954. The number of benzene rings is 1. The second-order valence-corrected chi connectivity index (χ2v) is 3.23. The summed E-state index contributed by atoms with van der Waals surface area (Å²) in [6, 6.07) is 7.58. The van der Waals surface area contributed by atoms with E-state index in [4.69, 9.17) is 9.47 Å². The van der Waals surface area contributed by atoms with Gasteiger partial charge in [-0.1, -0.05) is 18.2 Å². The summed E-state index contributed by atoms with van der Waals surface area (Å²) < 4.78 is 10.2. The Labute approximate surface area is 95.6 Å². The van der Waals surface area contributed by atoms with Gasteiger partial charge in [0.25, 0.3) is 0 Å². The molecule has 0 saturated carbocycles. The Kier molecular flexibility index (Phi) is 5.36. The van der Waals surface area contributed by atoms with Gasteiger partial charge in [0, 0.05) is 18.7 Å². The van der Waals surface area contributed by atoms with E-state index in [1.165, 1.54) is 0 Å². The van der Waals surface area contributed by atoms with Crippen molar-refractivity contribution in [3.05, 3.63) is 29.8 Å². The van der Waals surface area contributed by atoms with Crippen molar-refractivity contribution in [2.45, 2.75) is 13.5 Å². The van der Waals surface area contributed by atoms with Gasteiger partial charge < -0.3 is 14.8 Å². The molecule has 0 aliphatic carbocycles. The number of methoxy groups -OCH3 is 1. The number of nitrogens with one attached hydrogen (secondary N) is 1. The summed E-state index contributed by atoms with van der Waals surface area (Å²) in [7, 11) is 1.61. The van der Waals surface area contributed by atoms with E-state index in [0.29, 0.717) is 13.2 Å². The highest BCUT2D eigenvalue weighted by atomic mass is 16.5. The lowest BCUT2D eigenvalue weighted by Crippen LogP contribution is -2.27. The molecule has 16 heavy (non-hydrogen) atoms. The second-order valence-electron chi connectivity index (χ2n) is 3.23. The van der Waals surface area contributed by atoms with Crippen LogP contribution in [0.2, 0.25) is 0 Å². The van der Waals surface area contributed by atoms with E-state index in [9.17, 15) is 4.79 Å². The van der Waals surface area contributed by atoms with Gasteiger partial charge in [0.2, 0.25) is 5.91 Å². The molecule has 0 spiro atoms. The fourth-order valence-electron chi connectivity index (χ4n) is 1.29. The zero-order valence-corrected chi connectivity index (χ0v) is 9.66. The Morgan fingerprint density at radius 2 is 2.12 bits per heavy atom. The summed E-state index contributed by atoms with van der Waals surface area (Å²) in [5.74, 6) is 0.659. The van der Waals surface area contributed by atoms with E-state index in [1.807, 2.05) is 31.2 Å². The van der Waals surface area contributed by atoms with Crippen LogP contribution in [0.3, 0.4) is 0 Å². The summed E-state index contributed by atoms with van der Waals surface area (Å²) in [6.07, 6.45) is 0. The number of carbonyl (C=O) groups is 1. The van der Waals surface area contributed by atoms with Crippen molar-refractivity contribution in [3.63, 3.8) is 0 Å². The lowest BCUT2D eigenvalue weighted by atomic mass is 10.2. The van der Waals surface area contributed by atoms with Gasteiger partial charge in [-0.3, -0.25) is 4.79 Å². The van der Waals surface area contributed by atoms with Crippen molar-refractivity contribution in [3.8, 4) is 5.75 Å². The monoisotopic (exact) mass is 223 g/mol. The lowest BCUT2D eigenvalue weighted by Gasteiger charge is -2.09. The second kappa shape index (κ2) is 6.85. The molecule has 1 amide bonds. The highest BCUT2D eigenvalue weighted by Gasteiger charge is 2.04. The van der Waals surface area contributed by atoms with Gasteiger partial charge in [0.15, 0.2) is 0 Å². The maximum absolute atomic E-state index is 11.3. The van der Waals surface area contributed by atoms with Gasteiger partial charge in [-0.25, -0.2) is 0 Å². The number of para-hydroxylation sites is 1. The topological polar surface area (TPSA) is 47.6 Å². The van der Waals surface area contributed by atoms with Crippen LogP contribution in [-0.4, -0.2) is 26.2 Å². The van der Waals surface area contributed by atoms with Crippen LogP contribution < -0.4 is 10.1 Å². The zero-order valence-electron chi connectivity index (χ0n) is 9.66. The minimum Gasteiger partial charge on any atom is -0.496 e. The molecule has 0 atom stereocenters. The van der Waals surface area contributed by atoms with Crippen LogP contribution in [0, 0.1) is 0 Å². The molecule has 0 fully saturated rings. The van der Waals surface area contributed by atoms with E-state index in [1.54, 1.807) is 7.11 Å². The molecule has 0 unspecified atom stereocenters. The fraction of sp³-hybridized carbons (Fsp3) is 0.417. The average molecular weight is 223 g/mol. The number of hydrogen-bond acceptors (Lipinski definition) is 3. The minimum absolute atomic E-state index is 0.103. The maximum atomic E-state index is 11.3. The third kappa shape index (κ3) is 3.90. The van der Waals surface area contributed by atoms with E-state index in [-0.39, 0.29) is 12.5 Å². The zero-order chi connectivity index (χ0) is 11.8. The van der Waals surface area contributed by atoms with Crippen LogP contribution in [0.4, 0.5) is 0 Å². The normalized spacial score (nSPS) is 9.88. The molecule has 0 heterocycles. The third-order valence-corrected chi connectivity index (χ3v) is 2.11. The molecule has 1 aromatic rings. The van der Waals surface area contributed by atoms with Gasteiger partial charge in [0.1, 0.15) is 12.4 Å². The minimum atomic E-state index is -0.118. The van der Waals surface area contributed by atoms with Gasteiger partial charge in [0.05, 0.1) is 7.11 Å². The van der Waals surface area contributed by atoms with Crippen LogP contribution in [-0.2, 0) is 16.1 Å². The highest BCUT2D eigenvalue weighted by Crippen LogP contribution is 2.16. The van der Waals surface area contributed by atoms with Gasteiger partial charge in [-0.15, -0.1) is 0 Å². The summed E-state index contributed by atoms with van der Waals surface area (Å²) >= 11 is 0. The van der Waals surface area contributed by atoms with Crippen LogP contribution in [0.5, 0.6) is 5.75 Å². The first-order valence-electron chi connectivity index (χ1n) is 5.24. The first-order valence-corrected chi connectivity index (χ1v) is 5.24. The van der Waals surface area contributed by atoms with Crippen LogP contribution >= 0.6 is 0 Å². The Morgan fingerprint density at radius 1 is 1.38 bits per heavy atom. The summed E-state index contributed by atoms with van der Waals surface area (Å²) in [6.45, 7) is 2.96. The number of hydrogen-bond donors (Lipinski definition) is 1.